The molecule has 2 heterocycles. The van der Waals surface area contributed by atoms with Crippen LogP contribution in [0.1, 0.15) is 72.1 Å². The number of hydrogen-bond acceptors (Lipinski definition) is 5. The number of benzene rings is 1. The van der Waals surface area contributed by atoms with Gasteiger partial charge in [0.05, 0.1) is 12.7 Å². The topological polar surface area (TPSA) is 82.2 Å². The molecule has 0 bridgehead atoms. The summed E-state index contributed by atoms with van der Waals surface area (Å²) in [4.78, 5) is 17.7. The van der Waals surface area contributed by atoms with Crippen molar-refractivity contribution < 1.29 is 14.1 Å². The quantitative estimate of drug-likeness (QED) is 0.623. The van der Waals surface area contributed by atoms with Gasteiger partial charge in [-0.25, -0.2) is 0 Å². The fourth-order valence-electron chi connectivity index (χ4n) is 3.75. The van der Waals surface area contributed by atoms with E-state index in [1.54, 1.807) is 7.11 Å². The van der Waals surface area contributed by atoms with Gasteiger partial charge in [0.15, 0.2) is 5.82 Å². The zero-order valence-corrected chi connectivity index (χ0v) is 18.1. The Hall–Kier alpha value is -3.09. The van der Waals surface area contributed by atoms with Gasteiger partial charge in [-0.05, 0) is 50.8 Å². The van der Waals surface area contributed by atoms with E-state index in [-0.39, 0.29) is 17.9 Å². The van der Waals surface area contributed by atoms with Gasteiger partial charge in [0.25, 0.3) is 5.91 Å². The van der Waals surface area contributed by atoms with E-state index < -0.39 is 0 Å². The number of nitrogens with one attached hydrogen (secondary N) is 1. The van der Waals surface area contributed by atoms with E-state index in [9.17, 15) is 4.79 Å². The first-order valence-corrected chi connectivity index (χ1v) is 10.4. The number of carbonyl (C=O) groups is 1. The van der Waals surface area contributed by atoms with Crippen molar-refractivity contribution in [3.63, 3.8) is 0 Å². The molecular weight excluding hydrogens is 380 g/mol. The molecule has 1 unspecified atom stereocenters. The first-order chi connectivity index (χ1) is 14.4. The van der Waals surface area contributed by atoms with Crippen LogP contribution >= 0.6 is 0 Å². The summed E-state index contributed by atoms with van der Waals surface area (Å²) >= 11 is 0. The Bertz CT molecular complexity index is 1060. The molecule has 3 aromatic rings. The minimum absolute atomic E-state index is 0.114. The van der Waals surface area contributed by atoms with Crippen molar-refractivity contribution in [3.05, 3.63) is 59.0 Å². The summed E-state index contributed by atoms with van der Waals surface area (Å²) in [5.74, 6) is 2.37. The largest absolute Gasteiger partial charge is 0.497 e. The maximum absolute atomic E-state index is 13.2. The van der Waals surface area contributed by atoms with E-state index in [0.29, 0.717) is 17.4 Å². The highest BCUT2D eigenvalue weighted by atomic mass is 16.5. The Morgan fingerprint density at radius 1 is 1.27 bits per heavy atom. The van der Waals surface area contributed by atoms with Crippen molar-refractivity contribution >= 4 is 5.91 Å². The first-order valence-electron chi connectivity index (χ1n) is 10.4. The normalized spacial score (nSPS) is 14.7. The minimum Gasteiger partial charge on any atom is -0.497 e. The Morgan fingerprint density at radius 3 is 2.70 bits per heavy atom. The molecule has 1 aliphatic carbocycles. The summed E-state index contributed by atoms with van der Waals surface area (Å²) in [7, 11) is 1.64. The van der Waals surface area contributed by atoms with Crippen LogP contribution in [-0.4, -0.2) is 27.7 Å². The van der Waals surface area contributed by atoms with E-state index in [1.165, 1.54) is 0 Å². The molecule has 1 saturated carbocycles. The molecule has 2 aromatic heterocycles. The zero-order chi connectivity index (χ0) is 21.4. The standard InChI is InChI=1S/C23H28N4O3/c1-13(2)20(23-25-21(26-30-23)16-9-10-16)24-22(28)19-11-14(3)27(15(19)4)17-7-6-8-18(12-17)29-5/h6-8,11-13,16,20H,9-10H2,1-5H3,(H,24,28). The second-order valence-corrected chi connectivity index (χ2v) is 8.28. The number of carbonyl (C=O) groups excluding carboxylic acids is 1. The predicted octanol–water partition coefficient (Wildman–Crippen LogP) is 4.49. The molecule has 1 amide bonds. The molecular formula is C23H28N4O3. The molecule has 4 rings (SSSR count). The Labute approximate surface area is 176 Å². The van der Waals surface area contributed by atoms with Crippen molar-refractivity contribution in [3.8, 4) is 11.4 Å². The Kier molecular flexibility index (Phi) is 5.37. The third kappa shape index (κ3) is 3.84. The van der Waals surface area contributed by atoms with Crippen molar-refractivity contribution in [2.24, 2.45) is 5.92 Å². The van der Waals surface area contributed by atoms with Crippen LogP contribution in [0.4, 0.5) is 0 Å². The van der Waals surface area contributed by atoms with E-state index >= 15 is 0 Å². The molecule has 1 aliphatic rings. The summed E-state index contributed by atoms with van der Waals surface area (Å²) in [6, 6.07) is 9.37. The molecule has 0 aliphatic heterocycles. The molecule has 0 radical (unpaired) electrons. The molecule has 158 valence electrons. The van der Waals surface area contributed by atoms with Crippen LogP contribution in [0, 0.1) is 19.8 Å². The number of aromatic nitrogens is 3. The summed E-state index contributed by atoms with van der Waals surface area (Å²) in [6.07, 6.45) is 2.21. The monoisotopic (exact) mass is 408 g/mol. The summed E-state index contributed by atoms with van der Waals surface area (Å²) < 4.78 is 12.9. The van der Waals surface area contributed by atoms with Gasteiger partial charge in [-0.15, -0.1) is 0 Å². The van der Waals surface area contributed by atoms with E-state index in [2.05, 4.69) is 20.0 Å². The first kappa shape index (κ1) is 20.2. The molecule has 1 atom stereocenters. The Morgan fingerprint density at radius 2 is 2.03 bits per heavy atom. The van der Waals surface area contributed by atoms with Crippen LogP contribution in [0.15, 0.2) is 34.9 Å². The second kappa shape index (κ2) is 7.97. The number of ether oxygens (including phenoxy) is 1. The van der Waals surface area contributed by atoms with Gasteiger partial charge >= 0.3 is 0 Å². The molecule has 30 heavy (non-hydrogen) atoms. The Balaban J connectivity index is 1.60. The molecule has 0 spiro atoms. The number of methoxy groups -OCH3 is 1. The number of hydrogen-bond donors (Lipinski definition) is 1. The highest BCUT2D eigenvalue weighted by Gasteiger charge is 2.32. The minimum atomic E-state index is -0.336. The van der Waals surface area contributed by atoms with Gasteiger partial charge in [0.1, 0.15) is 11.8 Å². The number of nitrogens with zero attached hydrogens (tertiary/aromatic N) is 3. The van der Waals surface area contributed by atoms with Crippen LogP contribution in [0.3, 0.4) is 0 Å². The average Bonchev–Trinajstić information content (AvgIpc) is 3.38. The van der Waals surface area contributed by atoms with Crippen LogP contribution < -0.4 is 10.1 Å². The number of amides is 1. The molecule has 0 saturated heterocycles. The highest BCUT2D eigenvalue weighted by molar-refractivity contribution is 5.96. The van der Waals surface area contributed by atoms with Crippen molar-refractivity contribution in [2.75, 3.05) is 7.11 Å². The lowest BCUT2D eigenvalue weighted by Gasteiger charge is -2.18. The molecule has 7 heteroatoms. The average molecular weight is 409 g/mol. The van der Waals surface area contributed by atoms with Gasteiger partial charge in [-0.3, -0.25) is 4.79 Å². The maximum Gasteiger partial charge on any atom is 0.253 e. The van der Waals surface area contributed by atoms with Crippen LogP contribution in [-0.2, 0) is 0 Å². The van der Waals surface area contributed by atoms with Crippen molar-refractivity contribution in [1.29, 1.82) is 0 Å². The lowest BCUT2D eigenvalue weighted by Crippen LogP contribution is -2.32. The fraction of sp³-hybridized carbons (Fsp3) is 0.435. The SMILES string of the molecule is COc1cccc(-n2c(C)cc(C(=O)NC(c3nc(C4CC4)no3)C(C)C)c2C)c1. The highest BCUT2D eigenvalue weighted by Crippen LogP contribution is 2.38. The smallest absolute Gasteiger partial charge is 0.253 e. The zero-order valence-electron chi connectivity index (χ0n) is 18.1. The summed E-state index contributed by atoms with van der Waals surface area (Å²) in [6.45, 7) is 8.00. The maximum atomic E-state index is 13.2. The van der Waals surface area contributed by atoms with Gasteiger partial charge < -0.3 is 19.1 Å². The molecule has 1 aromatic carbocycles. The van der Waals surface area contributed by atoms with E-state index in [0.717, 1.165) is 41.5 Å². The number of rotatable bonds is 7. The predicted molar refractivity (Wildman–Crippen MR) is 113 cm³/mol. The summed E-state index contributed by atoms with van der Waals surface area (Å²) in [5.41, 5.74) is 3.42. The van der Waals surface area contributed by atoms with Crippen LogP contribution in [0.2, 0.25) is 0 Å². The lowest BCUT2D eigenvalue weighted by atomic mass is 10.0. The number of aryl methyl sites for hydroxylation is 1. The van der Waals surface area contributed by atoms with Gasteiger partial charge in [-0.2, -0.15) is 4.98 Å². The fourth-order valence-corrected chi connectivity index (χ4v) is 3.75. The molecule has 7 nitrogen and oxygen atoms in total. The second-order valence-electron chi connectivity index (χ2n) is 8.28. The lowest BCUT2D eigenvalue weighted by molar-refractivity contribution is 0.0913. The van der Waals surface area contributed by atoms with Crippen molar-refractivity contribution in [2.45, 2.75) is 52.5 Å². The van der Waals surface area contributed by atoms with E-state index in [1.807, 2.05) is 58.0 Å². The van der Waals surface area contributed by atoms with Crippen LogP contribution in [0.25, 0.3) is 5.69 Å². The van der Waals surface area contributed by atoms with Gasteiger partial charge in [0.2, 0.25) is 5.89 Å². The van der Waals surface area contributed by atoms with Gasteiger partial charge in [-0.1, -0.05) is 25.1 Å². The third-order valence-corrected chi connectivity index (χ3v) is 5.61. The summed E-state index contributed by atoms with van der Waals surface area (Å²) in [5, 5.41) is 7.20. The third-order valence-electron chi connectivity index (χ3n) is 5.61. The van der Waals surface area contributed by atoms with E-state index in [4.69, 9.17) is 9.26 Å². The van der Waals surface area contributed by atoms with Crippen LogP contribution in [0.5, 0.6) is 5.75 Å². The molecule has 1 N–H and O–H groups in total. The molecule has 1 fully saturated rings. The van der Waals surface area contributed by atoms with Crippen molar-refractivity contribution in [1.82, 2.24) is 20.0 Å². The van der Waals surface area contributed by atoms with Gasteiger partial charge in [0, 0.05) is 29.1 Å².